The molecule has 0 spiro atoms. The van der Waals surface area contributed by atoms with Crippen molar-refractivity contribution in [1.82, 2.24) is 4.72 Å². The summed E-state index contributed by atoms with van der Waals surface area (Å²) in [5.41, 5.74) is 1.99. The molecular formula is C19H22N2O4S. The third-order valence-electron chi connectivity index (χ3n) is 3.76. The second-order valence-electron chi connectivity index (χ2n) is 5.83. The summed E-state index contributed by atoms with van der Waals surface area (Å²) in [6.07, 6.45) is 0.739. The number of sulfonamides is 1. The molecule has 0 radical (unpaired) electrons. The van der Waals surface area contributed by atoms with Crippen LogP contribution in [-0.4, -0.2) is 26.7 Å². The molecule has 0 fully saturated rings. The topological polar surface area (TPSA) is 92.3 Å². The van der Waals surface area contributed by atoms with Gasteiger partial charge in [-0.25, -0.2) is 13.1 Å². The van der Waals surface area contributed by atoms with E-state index in [9.17, 15) is 18.0 Å². The Bertz CT molecular complexity index is 890. The van der Waals surface area contributed by atoms with Crippen LogP contribution in [0.1, 0.15) is 36.2 Å². The molecule has 0 heterocycles. The molecule has 0 aromatic heterocycles. The van der Waals surface area contributed by atoms with Crippen LogP contribution in [-0.2, 0) is 21.2 Å². The van der Waals surface area contributed by atoms with Gasteiger partial charge in [0.15, 0.2) is 5.78 Å². The maximum absolute atomic E-state index is 12.1. The molecule has 2 rings (SSSR count). The summed E-state index contributed by atoms with van der Waals surface area (Å²) in [7, 11) is -3.47. The maximum Gasteiger partial charge on any atom is 0.240 e. The molecule has 2 N–H and O–H groups in total. The van der Waals surface area contributed by atoms with Crippen LogP contribution in [0.25, 0.3) is 0 Å². The standard InChI is InChI=1S/C19H22N2O4S/c1-3-20-26(24,25)18-10-7-15(8-11-18)9-12-19(23)21-17-6-4-5-16(13-17)14(2)22/h4-8,10-11,13,20H,3,9,12H2,1-2H3,(H,21,23). The molecule has 0 unspecified atom stereocenters. The van der Waals surface area contributed by atoms with Crippen LogP contribution in [0.4, 0.5) is 5.69 Å². The van der Waals surface area contributed by atoms with Crippen molar-refractivity contribution in [1.29, 1.82) is 0 Å². The number of hydrogen-bond donors (Lipinski definition) is 2. The van der Waals surface area contributed by atoms with Crippen LogP contribution in [0.3, 0.4) is 0 Å². The fourth-order valence-electron chi connectivity index (χ4n) is 2.41. The zero-order chi connectivity index (χ0) is 19.2. The molecule has 0 aliphatic heterocycles. The second kappa shape index (κ2) is 8.73. The Kier molecular flexibility index (Phi) is 6.65. The van der Waals surface area contributed by atoms with Crippen LogP contribution in [0, 0.1) is 0 Å². The molecule has 26 heavy (non-hydrogen) atoms. The van der Waals surface area contributed by atoms with Crippen molar-refractivity contribution < 1.29 is 18.0 Å². The number of ketones is 1. The van der Waals surface area contributed by atoms with Crippen LogP contribution < -0.4 is 10.0 Å². The Morgan fingerprint density at radius 1 is 1.04 bits per heavy atom. The van der Waals surface area contributed by atoms with E-state index in [1.807, 2.05) is 0 Å². The third kappa shape index (κ3) is 5.50. The van der Waals surface area contributed by atoms with Crippen molar-refractivity contribution >= 4 is 27.4 Å². The summed E-state index contributed by atoms with van der Waals surface area (Å²) in [6, 6.07) is 13.2. The summed E-state index contributed by atoms with van der Waals surface area (Å²) in [5.74, 6) is -0.233. The van der Waals surface area contributed by atoms with Crippen molar-refractivity contribution in [2.24, 2.45) is 0 Å². The monoisotopic (exact) mass is 374 g/mol. The lowest BCUT2D eigenvalue weighted by atomic mass is 10.1. The van der Waals surface area contributed by atoms with Gasteiger partial charge in [-0.3, -0.25) is 9.59 Å². The average molecular weight is 374 g/mol. The van der Waals surface area contributed by atoms with Crippen LogP contribution in [0.2, 0.25) is 0 Å². The molecular weight excluding hydrogens is 352 g/mol. The number of carbonyl (C=O) groups excluding carboxylic acids is 2. The van der Waals surface area contributed by atoms with E-state index >= 15 is 0 Å². The highest BCUT2D eigenvalue weighted by Gasteiger charge is 2.12. The van der Waals surface area contributed by atoms with E-state index in [1.54, 1.807) is 43.3 Å². The molecule has 0 bridgehead atoms. The average Bonchev–Trinajstić information content (AvgIpc) is 2.60. The first-order chi connectivity index (χ1) is 12.3. The van der Waals surface area contributed by atoms with E-state index in [0.717, 1.165) is 5.56 Å². The first-order valence-corrected chi connectivity index (χ1v) is 9.79. The summed E-state index contributed by atoms with van der Waals surface area (Å²) in [4.78, 5) is 23.7. The molecule has 0 aliphatic carbocycles. The van der Waals surface area contributed by atoms with E-state index < -0.39 is 10.0 Å². The van der Waals surface area contributed by atoms with E-state index in [0.29, 0.717) is 24.2 Å². The summed E-state index contributed by atoms with van der Waals surface area (Å²) < 4.78 is 26.2. The molecule has 7 heteroatoms. The first kappa shape index (κ1) is 19.8. The predicted octanol–water partition coefficient (Wildman–Crippen LogP) is 2.76. The van der Waals surface area contributed by atoms with Gasteiger partial charge in [-0.15, -0.1) is 0 Å². The number of aryl methyl sites for hydroxylation is 1. The second-order valence-corrected chi connectivity index (χ2v) is 7.60. The molecule has 2 aromatic rings. The number of hydrogen-bond acceptors (Lipinski definition) is 4. The van der Waals surface area contributed by atoms with E-state index in [4.69, 9.17) is 0 Å². The van der Waals surface area contributed by atoms with Gasteiger partial charge in [-0.05, 0) is 43.2 Å². The number of benzene rings is 2. The molecule has 0 saturated heterocycles. The SMILES string of the molecule is CCNS(=O)(=O)c1ccc(CCC(=O)Nc2cccc(C(C)=O)c2)cc1. The lowest BCUT2D eigenvalue weighted by molar-refractivity contribution is -0.116. The highest BCUT2D eigenvalue weighted by atomic mass is 32.2. The molecule has 0 atom stereocenters. The Balaban J connectivity index is 1.93. The Morgan fingerprint density at radius 3 is 2.35 bits per heavy atom. The minimum absolute atomic E-state index is 0.0614. The molecule has 0 saturated carbocycles. The van der Waals surface area contributed by atoms with Crippen LogP contribution >= 0.6 is 0 Å². The minimum atomic E-state index is -3.47. The van der Waals surface area contributed by atoms with Gasteiger partial charge >= 0.3 is 0 Å². The molecule has 6 nitrogen and oxygen atoms in total. The van der Waals surface area contributed by atoms with Crippen LogP contribution in [0.15, 0.2) is 53.4 Å². The van der Waals surface area contributed by atoms with Gasteiger partial charge in [0.1, 0.15) is 0 Å². The largest absolute Gasteiger partial charge is 0.326 e. The highest BCUT2D eigenvalue weighted by molar-refractivity contribution is 7.89. The molecule has 138 valence electrons. The van der Waals surface area contributed by atoms with Crippen molar-refractivity contribution in [3.8, 4) is 0 Å². The van der Waals surface area contributed by atoms with Gasteiger partial charge in [0.25, 0.3) is 0 Å². The van der Waals surface area contributed by atoms with E-state index in [2.05, 4.69) is 10.0 Å². The normalized spacial score (nSPS) is 11.2. The smallest absolute Gasteiger partial charge is 0.240 e. The Labute approximate surface area is 153 Å². The van der Waals surface area contributed by atoms with Crippen molar-refractivity contribution in [2.45, 2.75) is 31.6 Å². The summed E-state index contributed by atoms with van der Waals surface area (Å²) in [5, 5.41) is 2.76. The quantitative estimate of drug-likeness (QED) is 0.695. The highest BCUT2D eigenvalue weighted by Crippen LogP contribution is 2.14. The number of carbonyl (C=O) groups is 2. The first-order valence-electron chi connectivity index (χ1n) is 8.31. The zero-order valence-corrected chi connectivity index (χ0v) is 15.6. The number of amides is 1. The van der Waals surface area contributed by atoms with Gasteiger partial charge < -0.3 is 5.32 Å². The lowest BCUT2D eigenvalue weighted by Crippen LogP contribution is -2.23. The van der Waals surface area contributed by atoms with Crippen molar-refractivity contribution in [3.05, 3.63) is 59.7 Å². The Morgan fingerprint density at radius 2 is 1.73 bits per heavy atom. The van der Waals surface area contributed by atoms with Crippen molar-refractivity contribution in [3.63, 3.8) is 0 Å². The van der Waals surface area contributed by atoms with Gasteiger partial charge in [-0.1, -0.05) is 31.2 Å². The minimum Gasteiger partial charge on any atom is -0.326 e. The summed E-state index contributed by atoms with van der Waals surface area (Å²) >= 11 is 0. The molecule has 0 aliphatic rings. The van der Waals surface area contributed by atoms with Gasteiger partial charge in [-0.2, -0.15) is 0 Å². The molecule has 2 aromatic carbocycles. The number of anilines is 1. The molecule has 1 amide bonds. The van der Waals surface area contributed by atoms with Crippen LogP contribution in [0.5, 0.6) is 0 Å². The number of rotatable bonds is 8. The van der Waals surface area contributed by atoms with Gasteiger partial charge in [0, 0.05) is 24.2 Å². The summed E-state index contributed by atoms with van der Waals surface area (Å²) in [6.45, 7) is 3.52. The van der Waals surface area contributed by atoms with Gasteiger partial charge in [0.2, 0.25) is 15.9 Å². The lowest BCUT2D eigenvalue weighted by Gasteiger charge is -2.08. The van der Waals surface area contributed by atoms with E-state index in [1.165, 1.54) is 19.1 Å². The van der Waals surface area contributed by atoms with E-state index in [-0.39, 0.29) is 23.0 Å². The zero-order valence-electron chi connectivity index (χ0n) is 14.8. The van der Waals surface area contributed by atoms with Gasteiger partial charge in [0.05, 0.1) is 4.90 Å². The fourth-order valence-corrected chi connectivity index (χ4v) is 3.45. The number of Topliss-reactive ketones (excluding diaryl/α,β-unsaturated/α-hetero) is 1. The number of nitrogens with one attached hydrogen (secondary N) is 2. The Hall–Kier alpha value is -2.51. The fraction of sp³-hybridized carbons (Fsp3) is 0.263. The van der Waals surface area contributed by atoms with Crippen molar-refractivity contribution in [2.75, 3.05) is 11.9 Å². The predicted molar refractivity (Wildman–Crippen MR) is 101 cm³/mol. The maximum atomic E-state index is 12.1. The third-order valence-corrected chi connectivity index (χ3v) is 5.32.